The molecule has 8 heteroatoms. The predicted octanol–water partition coefficient (Wildman–Crippen LogP) is 1.71. The van der Waals surface area contributed by atoms with Crippen molar-refractivity contribution in [1.29, 1.82) is 0 Å². The number of carbonyl (C=O) groups excluding carboxylic acids is 1. The summed E-state index contributed by atoms with van der Waals surface area (Å²) in [7, 11) is -2.93. The van der Waals surface area contributed by atoms with Crippen molar-refractivity contribution in [3.8, 4) is 0 Å². The summed E-state index contributed by atoms with van der Waals surface area (Å²) in [6.45, 7) is 3.27. The van der Waals surface area contributed by atoms with Crippen molar-refractivity contribution < 1.29 is 13.2 Å². The summed E-state index contributed by atoms with van der Waals surface area (Å²) in [5, 5.41) is 0. The van der Waals surface area contributed by atoms with Crippen LogP contribution in [0.25, 0.3) is 6.08 Å². The van der Waals surface area contributed by atoms with Crippen LogP contribution in [0.3, 0.4) is 0 Å². The number of halogens is 1. The average molecular weight is 407 g/mol. The van der Waals surface area contributed by atoms with Crippen LogP contribution in [0.2, 0.25) is 0 Å². The molecule has 1 saturated heterocycles. The fourth-order valence-electron chi connectivity index (χ4n) is 2.16. The molecule has 0 unspecified atom stereocenters. The summed E-state index contributed by atoms with van der Waals surface area (Å²) in [6.07, 6.45) is 4.68. The normalized spacial score (nSPS) is 17.3. The fraction of sp³-hybridized carbons (Fsp3) is 0.500. The first-order chi connectivity index (χ1) is 10.3. The molecule has 0 spiro atoms. The molecule has 122 valence electrons. The van der Waals surface area contributed by atoms with Gasteiger partial charge in [-0.15, -0.1) is 11.3 Å². The number of amides is 1. The Morgan fingerprint density at radius 3 is 2.55 bits per heavy atom. The Balaban J connectivity index is 1.78. The lowest BCUT2D eigenvalue weighted by Gasteiger charge is -2.34. The third-order valence-electron chi connectivity index (χ3n) is 3.45. The molecule has 0 aliphatic carbocycles. The zero-order valence-corrected chi connectivity index (χ0v) is 15.6. The second-order valence-corrected chi connectivity index (χ2v) is 10.0. The molecule has 1 aromatic rings. The van der Waals surface area contributed by atoms with E-state index in [-0.39, 0.29) is 11.7 Å². The molecule has 0 N–H and O–H groups in total. The smallest absolute Gasteiger partial charge is 0.246 e. The molecule has 5 nitrogen and oxygen atoms in total. The predicted molar refractivity (Wildman–Crippen MR) is 93.8 cm³/mol. The number of sulfone groups is 1. The number of carbonyl (C=O) groups is 1. The van der Waals surface area contributed by atoms with Gasteiger partial charge in [-0.1, -0.05) is 0 Å². The monoisotopic (exact) mass is 406 g/mol. The van der Waals surface area contributed by atoms with Gasteiger partial charge in [-0.25, -0.2) is 8.42 Å². The minimum atomic E-state index is -2.93. The van der Waals surface area contributed by atoms with Gasteiger partial charge in [0, 0.05) is 49.9 Å². The maximum atomic E-state index is 12.1. The molecule has 1 aliphatic rings. The van der Waals surface area contributed by atoms with E-state index < -0.39 is 9.84 Å². The highest BCUT2D eigenvalue weighted by atomic mass is 79.9. The Hall–Kier alpha value is -0.700. The van der Waals surface area contributed by atoms with Gasteiger partial charge in [0.25, 0.3) is 0 Å². The van der Waals surface area contributed by atoms with Gasteiger partial charge in [0.15, 0.2) is 0 Å². The van der Waals surface area contributed by atoms with Crippen LogP contribution in [-0.4, -0.2) is 68.9 Å². The summed E-state index contributed by atoms with van der Waals surface area (Å²) >= 11 is 4.97. The maximum Gasteiger partial charge on any atom is 0.246 e. The first kappa shape index (κ1) is 17.7. The fourth-order valence-corrected chi connectivity index (χ4v) is 4.08. The maximum absolute atomic E-state index is 12.1. The number of hydrogen-bond acceptors (Lipinski definition) is 5. The first-order valence-corrected chi connectivity index (χ1v) is 10.6. The summed E-state index contributed by atoms with van der Waals surface area (Å²) < 4.78 is 23.4. The SMILES string of the molecule is CS(=O)(=O)CCN1CCN(C(=O)/C=C/c2ccc(Br)s2)CC1. The molecule has 2 rings (SSSR count). The van der Waals surface area contributed by atoms with Crippen LogP contribution >= 0.6 is 27.3 Å². The summed E-state index contributed by atoms with van der Waals surface area (Å²) in [5.74, 6) is 0.181. The van der Waals surface area contributed by atoms with Gasteiger partial charge in [0.05, 0.1) is 9.54 Å². The Kier molecular flexibility index (Phi) is 6.19. The van der Waals surface area contributed by atoms with Crippen molar-refractivity contribution >= 4 is 49.1 Å². The first-order valence-electron chi connectivity index (χ1n) is 6.96. The standard InChI is InChI=1S/C14H19BrN2O3S2/c1-22(19,20)11-10-16-6-8-17(9-7-16)14(18)5-3-12-2-4-13(15)21-12/h2-5H,6-11H2,1H3/b5-3+. The molecule has 0 radical (unpaired) electrons. The molecular weight excluding hydrogens is 388 g/mol. The van der Waals surface area contributed by atoms with E-state index in [0.717, 1.165) is 21.8 Å². The lowest BCUT2D eigenvalue weighted by atomic mass is 10.3. The van der Waals surface area contributed by atoms with Crippen molar-refractivity contribution in [2.24, 2.45) is 0 Å². The Morgan fingerprint density at radius 1 is 1.32 bits per heavy atom. The van der Waals surface area contributed by atoms with Gasteiger partial charge >= 0.3 is 0 Å². The molecule has 22 heavy (non-hydrogen) atoms. The van der Waals surface area contributed by atoms with Crippen molar-refractivity contribution in [3.63, 3.8) is 0 Å². The minimum absolute atomic E-state index is 0.00675. The molecule has 1 aromatic heterocycles. The summed E-state index contributed by atoms with van der Waals surface area (Å²) in [4.78, 5) is 17.0. The van der Waals surface area contributed by atoms with Crippen molar-refractivity contribution in [2.45, 2.75) is 0 Å². The van der Waals surface area contributed by atoms with E-state index in [0.29, 0.717) is 19.6 Å². The molecule has 2 heterocycles. The lowest BCUT2D eigenvalue weighted by molar-refractivity contribution is -0.127. The van der Waals surface area contributed by atoms with Gasteiger partial charge in [-0.2, -0.15) is 0 Å². The zero-order chi connectivity index (χ0) is 16.2. The van der Waals surface area contributed by atoms with E-state index in [9.17, 15) is 13.2 Å². The van der Waals surface area contributed by atoms with Crippen LogP contribution in [0.15, 0.2) is 22.0 Å². The van der Waals surface area contributed by atoms with Crippen molar-refractivity contribution in [1.82, 2.24) is 9.80 Å². The zero-order valence-electron chi connectivity index (χ0n) is 12.4. The molecule has 1 fully saturated rings. The molecule has 0 atom stereocenters. The van der Waals surface area contributed by atoms with Crippen LogP contribution in [0, 0.1) is 0 Å². The van der Waals surface area contributed by atoms with E-state index >= 15 is 0 Å². The summed E-state index contributed by atoms with van der Waals surface area (Å²) in [6, 6.07) is 3.91. The van der Waals surface area contributed by atoms with Crippen LogP contribution in [-0.2, 0) is 14.6 Å². The highest BCUT2D eigenvalue weighted by molar-refractivity contribution is 9.11. The molecule has 0 aromatic carbocycles. The van der Waals surface area contributed by atoms with E-state index in [1.807, 2.05) is 18.2 Å². The number of piperazine rings is 1. The lowest BCUT2D eigenvalue weighted by Crippen LogP contribution is -2.49. The highest BCUT2D eigenvalue weighted by Gasteiger charge is 2.20. The van der Waals surface area contributed by atoms with Gasteiger partial charge in [0.2, 0.25) is 5.91 Å². The Morgan fingerprint density at radius 2 is 2.00 bits per heavy atom. The Labute approximate surface area is 143 Å². The third-order valence-corrected chi connectivity index (χ3v) is 5.96. The number of hydrogen-bond donors (Lipinski definition) is 0. The van der Waals surface area contributed by atoms with Crippen LogP contribution in [0.4, 0.5) is 0 Å². The largest absolute Gasteiger partial charge is 0.337 e. The van der Waals surface area contributed by atoms with E-state index in [4.69, 9.17) is 0 Å². The minimum Gasteiger partial charge on any atom is -0.337 e. The second kappa shape index (κ2) is 7.72. The molecule has 1 aliphatic heterocycles. The second-order valence-electron chi connectivity index (χ2n) is 5.27. The van der Waals surface area contributed by atoms with E-state index in [1.54, 1.807) is 22.3 Å². The molecular formula is C14H19BrN2O3S2. The van der Waals surface area contributed by atoms with Crippen LogP contribution in [0.1, 0.15) is 4.88 Å². The molecule has 0 saturated carbocycles. The van der Waals surface area contributed by atoms with Crippen LogP contribution in [0.5, 0.6) is 0 Å². The van der Waals surface area contributed by atoms with Gasteiger partial charge in [0.1, 0.15) is 9.84 Å². The molecule has 1 amide bonds. The van der Waals surface area contributed by atoms with Crippen molar-refractivity contribution in [3.05, 3.63) is 26.9 Å². The average Bonchev–Trinajstić information content (AvgIpc) is 2.88. The Bertz CT molecular complexity index is 647. The summed E-state index contributed by atoms with van der Waals surface area (Å²) in [5.41, 5.74) is 0. The molecule has 0 bridgehead atoms. The topological polar surface area (TPSA) is 57.7 Å². The highest BCUT2D eigenvalue weighted by Crippen LogP contribution is 2.23. The van der Waals surface area contributed by atoms with E-state index in [2.05, 4.69) is 20.8 Å². The van der Waals surface area contributed by atoms with Gasteiger partial charge < -0.3 is 4.90 Å². The quantitative estimate of drug-likeness (QED) is 0.698. The third kappa shape index (κ3) is 5.83. The number of thiophene rings is 1. The number of nitrogens with zero attached hydrogens (tertiary/aromatic N) is 2. The van der Waals surface area contributed by atoms with Crippen LogP contribution < -0.4 is 0 Å². The van der Waals surface area contributed by atoms with E-state index in [1.165, 1.54) is 6.26 Å². The van der Waals surface area contributed by atoms with Gasteiger partial charge in [-0.3, -0.25) is 9.69 Å². The van der Waals surface area contributed by atoms with Gasteiger partial charge in [-0.05, 0) is 34.1 Å². The van der Waals surface area contributed by atoms with Crippen molar-refractivity contribution in [2.75, 3.05) is 44.7 Å². The number of rotatable bonds is 5.